The van der Waals surface area contributed by atoms with Gasteiger partial charge < -0.3 is 4.90 Å². The number of anilines is 1. The molecule has 2 nitrogen and oxygen atoms in total. The Labute approximate surface area is 180 Å². The molecule has 0 bridgehead atoms. The van der Waals surface area contributed by atoms with Crippen LogP contribution in [0.2, 0.25) is 0 Å². The maximum Gasteiger partial charge on any atom is 0.258 e. The summed E-state index contributed by atoms with van der Waals surface area (Å²) in [6, 6.07) is 26.8. The van der Waals surface area contributed by atoms with Gasteiger partial charge >= 0.3 is 0 Å². The monoisotopic (exact) mass is 481 g/mol. The molecule has 1 aliphatic heterocycles. The Bertz CT molecular complexity index is 1010. The number of para-hydroxylation sites is 1. The Morgan fingerprint density at radius 2 is 1.46 bits per heavy atom. The van der Waals surface area contributed by atoms with Crippen molar-refractivity contribution < 1.29 is 4.79 Å². The molecule has 142 valence electrons. The second kappa shape index (κ2) is 7.03. The Kier molecular flexibility index (Phi) is 4.82. The standard InChI is InChI=1S/C25H24INO/c1-24(2)17-25(3,19-9-5-4-6-10-19)21-11-7-8-12-22(21)27(24)23(28)18-13-15-20(26)16-14-18/h4-16H,17H2,1-3H3/t25-/m1/s1. The van der Waals surface area contributed by atoms with Crippen molar-refractivity contribution in [3.63, 3.8) is 0 Å². The zero-order chi connectivity index (χ0) is 19.9. The van der Waals surface area contributed by atoms with E-state index in [1.807, 2.05) is 35.2 Å². The van der Waals surface area contributed by atoms with Gasteiger partial charge in [0.05, 0.1) is 0 Å². The van der Waals surface area contributed by atoms with Crippen LogP contribution < -0.4 is 4.90 Å². The van der Waals surface area contributed by atoms with E-state index in [4.69, 9.17) is 0 Å². The van der Waals surface area contributed by atoms with Crippen LogP contribution >= 0.6 is 22.6 Å². The molecule has 0 aliphatic carbocycles. The molecule has 0 aromatic heterocycles. The molecule has 1 aliphatic rings. The van der Waals surface area contributed by atoms with Gasteiger partial charge in [0, 0.05) is 25.8 Å². The number of carbonyl (C=O) groups is 1. The third-order valence-electron chi connectivity index (χ3n) is 5.84. The van der Waals surface area contributed by atoms with E-state index < -0.39 is 0 Å². The summed E-state index contributed by atoms with van der Waals surface area (Å²) in [5.74, 6) is 0.0592. The van der Waals surface area contributed by atoms with Crippen molar-refractivity contribution in [2.45, 2.75) is 38.1 Å². The Hall–Kier alpha value is -2.14. The van der Waals surface area contributed by atoms with Gasteiger partial charge in [-0.15, -0.1) is 0 Å². The lowest BCUT2D eigenvalue weighted by atomic mass is 9.65. The van der Waals surface area contributed by atoms with Crippen LogP contribution in [0.4, 0.5) is 5.69 Å². The van der Waals surface area contributed by atoms with E-state index in [0.29, 0.717) is 0 Å². The smallest absolute Gasteiger partial charge is 0.258 e. The molecular formula is C25H24INO. The Morgan fingerprint density at radius 1 is 0.857 bits per heavy atom. The quantitative estimate of drug-likeness (QED) is 0.387. The number of carbonyl (C=O) groups excluding carboxylic acids is 1. The molecule has 0 spiro atoms. The molecule has 4 rings (SSSR count). The fourth-order valence-electron chi connectivity index (χ4n) is 4.67. The SMILES string of the molecule is CC1(C)C[C@](C)(c2ccccc2)c2ccccc2N1C(=O)c1ccc(I)cc1. The molecule has 3 aromatic carbocycles. The normalized spacial score (nSPS) is 20.5. The van der Waals surface area contributed by atoms with Crippen LogP contribution in [-0.4, -0.2) is 11.4 Å². The molecule has 0 N–H and O–H groups in total. The summed E-state index contributed by atoms with van der Waals surface area (Å²) in [6.07, 6.45) is 0.858. The average Bonchev–Trinajstić information content (AvgIpc) is 2.68. The Balaban J connectivity index is 1.88. The van der Waals surface area contributed by atoms with E-state index in [-0.39, 0.29) is 16.9 Å². The van der Waals surface area contributed by atoms with Crippen molar-refractivity contribution in [3.8, 4) is 0 Å². The highest BCUT2D eigenvalue weighted by molar-refractivity contribution is 14.1. The predicted octanol–water partition coefficient (Wildman–Crippen LogP) is 6.43. The van der Waals surface area contributed by atoms with Gasteiger partial charge in [0.25, 0.3) is 5.91 Å². The first kappa shape index (κ1) is 19.2. The van der Waals surface area contributed by atoms with E-state index in [9.17, 15) is 4.79 Å². The van der Waals surface area contributed by atoms with Crippen molar-refractivity contribution in [1.29, 1.82) is 0 Å². The molecule has 0 radical (unpaired) electrons. The van der Waals surface area contributed by atoms with Crippen molar-refractivity contribution in [2.24, 2.45) is 0 Å². The number of amides is 1. The highest BCUT2D eigenvalue weighted by atomic mass is 127. The third-order valence-corrected chi connectivity index (χ3v) is 6.56. The summed E-state index contributed by atoms with van der Waals surface area (Å²) in [7, 11) is 0. The van der Waals surface area contributed by atoms with E-state index in [0.717, 1.165) is 21.2 Å². The maximum atomic E-state index is 13.6. The summed E-state index contributed by atoms with van der Waals surface area (Å²) < 4.78 is 1.13. The number of halogens is 1. The van der Waals surface area contributed by atoms with Crippen LogP contribution in [0.25, 0.3) is 0 Å². The first-order valence-corrected chi connectivity index (χ1v) is 10.7. The summed E-state index contributed by atoms with van der Waals surface area (Å²) in [6.45, 7) is 6.65. The second-order valence-electron chi connectivity index (χ2n) is 8.35. The summed E-state index contributed by atoms with van der Waals surface area (Å²) in [4.78, 5) is 15.6. The minimum Gasteiger partial charge on any atom is -0.302 e. The first-order valence-electron chi connectivity index (χ1n) is 9.58. The van der Waals surface area contributed by atoms with Gasteiger partial charge in [-0.3, -0.25) is 4.79 Å². The van der Waals surface area contributed by atoms with Gasteiger partial charge in [0.15, 0.2) is 0 Å². The highest BCUT2D eigenvalue weighted by Gasteiger charge is 2.47. The minimum atomic E-state index is -0.320. The van der Waals surface area contributed by atoms with Crippen molar-refractivity contribution in [1.82, 2.24) is 0 Å². The van der Waals surface area contributed by atoms with Crippen LogP contribution in [0.5, 0.6) is 0 Å². The van der Waals surface area contributed by atoms with Crippen LogP contribution in [0.15, 0.2) is 78.9 Å². The van der Waals surface area contributed by atoms with Gasteiger partial charge in [0.2, 0.25) is 0 Å². The number of benzene rings is 3. The van der Waals surface area contributed by atoms with Gasteiger partial charge in [-0.2, -0.15) is 0 Å². The van der Waals surface area contributed by atoms with Gasteiger partial charge in [0.1, 0.15) is 0 Å². The molecule has 1 heterocycles. The molecular weight excluding hydrogens is 457 g/mol. The second-order valence-corrected chi connectivity index (χ2v) is 9.60. The molecule has 0 saturated heterocycles. The number of rotatable bonds is 2. The van der Waals surface area contributed by atoms with Crippen LogP contribution in [0, 0.1) is 3.57 Å². The van der Waals surface area contributed by atoms with Gasteiger partial charge in [-0.05, 0) is 84.3 Å². The predicted molar refractivity (Wildman–Crippen MR) is 124 cm³/mol. The number of nitrogens with zero attached hydrogens (tertiary/aromatic N) is 1. The van der Waals surface area contributed by atoms with Crippen molar-refractivity contribution in [3.05, 3.63) is 99.1 Å². The van der Waals surface area contributed by atoms with Crippen LogP contribution in [0.1, 0.15) is 48.7 Å². The lowest BCUT2D eigenvalue weighted by Gasteiger charge is -2.51. The lowest BCUT2D eigenvalue weighted by Crippen LogP contribution is -2.55. The average molecular weight is 481 g/mol. The zero-order valence-corrected chi connectivity index (χ0v) is 18.6. The number of hydrogen-bond donors (Lipinski definition) is 0. The molecule has 1 amide bonds. The highest BCUT2D eigenvalue weighted by Crippen LogP contribution is 2.50. The number of fused-ring (bicyclic) bond motifs is 1. The maximum absolute atomic E-state index is 13.6. The first-order chi connectivity index (χ1) is 13.3. The van der Waals surface area contributed by atoms with E-state index in [1.165, 1.54) is 11.1 Å². The molecule has 28 heavy (non-hydrogen) atoms. The lowest BCUT2D eigenvalue weighted by molar-refractivity contribution is 0.0948. The summed E-state index contributed by atoms with van der Waals surface area (Å²) in [5.41, 5.74) is 3.76. The fraction of sp³-hybridized carbons (Fsp3) is 0.240. The topological polar surface area (TPSA) is 20.3 Å². The van der Waals surface area contributed by atoms with Crippen LogP contribution in [-0.2, 0) is 5.41 Å². The van der Waals surface area contributed by atoms with Gasteiger partial charge in [-0.1, -0.05) is 55.5 Å². The molecule has 0 fully saturated rings. The third kappa shape index (κ3) is 3.16. The Morgan fingerprint density at radius 3 is 2.14 bits per heavy atom. The van der Waals surface area contributed by atoms with E-state index >= 15 is 0 Å². The van der Waals surface area contributed by atoms with E-state index in [1.54, 1.807) is 0 Å². The van der Waals surface area contributed by atoms with Gasteiger partial charge in [-0.25, -0.2) is 0 Å². The van der Waals surface area contributed by atoms with Crippen LogP contribution in [0.3, 0.4) is 0 Å². The molecule has 0 unspecified atom stereocenters. The van der Waals surface area contributed by atoms with E-state index in [2.05, 4.69) is 91.9 Å². The summed E-state index contributed by atoms with van der Waals surface area (Å²) in [5, 5.41) is 0. The summed E-state index contributed by atoms with van der Waals surface area (Å²) >= 11 is 2.27. The molecule has 3 heteroatoms. The zero-order valence-electron chi connectivity index (χ0n) is 16.4. The minimum absolute atomic E-state index is 0.0592. The number of hydrogen-bond acceptors (Lipinski definition) is 1. The van der Waals surface area contributed by atoms with Crippen molar-refractivity contribution in [2.75, 3.05) is 4.90 Å². The molecule has 0 saturated carbocycles. The molecule has 3 aromatic rings. The fourth-order valence-corrected chi connectivity index (χ4v) is 5.03. The van der Waals surface area contributed by atoms with Crippen molar-refractivity contribution >= 4 is 34.2 Å². The molecule has 1 atom stereocenters. The largest absolute Gasteiger partial charge is 0.302 e.